The Balaban J connectivity index is 1.88. The maximum Gasteiger partial charge on any atom is 0.415 e. The standard InChI is InChI=1S/C24H28FNO6/c1-23(2,3)32-22(29)26-13-16(21-17(25)8-7-11-24(21,26)4)15-12-19(31-14-15)18(27)9-6-10-20(28)30-5/h7-8,12-14H,6,9-11H2,1-5H3. The van der Waals surface area contributed by atoms with E-state index in [1.807, 2.05) is 0 Å². The van der Waals surface area contributed by atoms with Gasteiger partial charge < -0.3 is 13.9 Å². The van der Waals surface area contributed by atoms with E-state index in [1.165, 1.54) is 30.4 Å². The molecule has 7 nitrogen and oxygen atoms in total. The molecule has 1 amide bonds. The molecule has 0 aromatic carbocycles. The van der Waals surface area contributed by atoms with Crippen LogP contribution in [0.2, 0.25) is 0 Å². The number of allylic oxidation sites excluding steroid dienone is 2. The predicted octanol–water partition coefficient (Wildman–Crippen LogP) is 5.34. The van der Waals surface area contributed by atoms with Gasteiger partial charge in [-0.3, -0.25) is 14.5 Å². The number of nitrogens with zero attached hydrogens (tertiary/aromatic N) is 1. The van der Waals surface area contributed by atoms with E-state index in [0.717, 1.165) is 0 Å². The molecule has 1 unspecified atom stereocenters. The van der Waals surface area contributed by atoms with Crippen LogP contribution < -0.4 is 0 Å². The average molecular weight is 445 g/mol. The van der Waals surface area contributed by atoms with Gasteiger partial charge >= 0.3 is 12.1 Å². The number of amides is 1. The Morgan fingerprint density at radius 3 is 2.62 bits per heavy atom. The highest BCUT2D eigenvalue weighted by molar-refractivity contribution is 5.96. The van der Waals surface area contributed by atoms with E-state index in [4.69, 9.17) is 9.15 Å². The third-order valence-electron chi connectivity index (χ3n) is 5.40. The van der Waals surface area contributed by atoms with Crippen molar-refractivity contribution >= 4 is 23.4 Å². The molecule has 0 spiro atoms. The van der Waals surface area contributed by atoms with E-state index in [0.29, 0.717) is 29.6 Å². The van der Waals surface area contributed by atoms with Crippen LogP contribution in [0.4, 0.5) is 9.18 Å². The van der Waals surface area contributed by atoms with Crippen LogP contribution in [0.25, 0.3) is 5.57 Å². The number of esters is 1. The number of ketones is 1. The third-order valence-corrected chi connectivity index (χ3v) is 5.40. The molecule has 1 aliphatic heterocycles. The Morgan fingerprint density at radius 1 is 1.25 bits per heavy atom. The largest absolute Gasteiger partial charge is 0.469 e. The Kier molecular flexibility index (Phi) is 6.44. The average Bonchev–Trinajstić information content (AvgIpc) is 3.29. The first kappa shape index (κ1) is 23.5. The maximum atomic E-state index is 15.0. The molecule has 0 saturated heterocycles. The minimum absolute atomic E-state index is 0.107. The van der Waals surface area contributed by atoms with Gasteiger partial charge in [-0.15, -0.1) is 0 Å². The van der Waals surface area contributed by atoms with Gasteiger partial charge in [0.25, 0.3) is 0 Å². The number of halogens is 1. The number of furan rings is 1. The molecule has 0 fully saturated rings. The van der Waals surface area contributed by atoms with Gasteiger partial charge in [0.2, 0.25) is 0 Å². The molecule has 3 rings (SSSR count). The zero-order valence-electron chi connectivity index (χ0n) is 19.0. The van der Waals surface area contributed by atoms with Gasteiger partial charge in [0.1, 0.15) is 11.4 Å². The van der Waals surface area contributed by atoms with Crippen LogP contribution in [0.5, 0.6) is 0 Å². The molecular formula is C24H28FNO6. The van der Waals surface area contributed by atoms with Crippen LogP contribution in [0, 0.1) is 0 Å². The molecule has 0 saturated carbocycles. The lowest BCUT2D eigenvalue weighted by molar-refractivity contribution is -0.140. The zero-order valence-corrected chi connectivity index (χ0v) is 19.0. The topological polar surface area (TPSA) is 86.1 Å². The van der Waals surface area contributed by atoms with Crippen molar-refractivity contribution in [2.24, 2.45) is 0 Å². The molecule has 8 heteroatoms. The summed E-state index contributed by atoms with van der Waals surface area (Å²) >= 11 is 0. The normalized spacial score (nSPS) is 20.2. The smallest absolute Gasteiger partial charge is 0.415 e. The lowest BCUT2D eigenvalue weighted by atomic mass is 9.81. The number of fused-ring (bicyclic) bond motifs is 1. The highest BCUT2D eigenvalue weighted by Gasteiger charge is 2.48. The number of carbonyl (C=O) groups excluding carboxylic acids is 3. The van der Waals surface area contributed by atoms with E-state index in [-0.39, 0.29) is 30.4 Å². The summed E-state index contributed by atoms with van der Waals surface area (Å²) in [6.07, 6.45) is 6.38. The number of methoxy groups -OCH3 is 1. The van der Waals surface area contributed by atoms with Crippen molar-refractivity contribution in [3.63, 3.8) is 0 Å². The molecule has 0 radical (unpaired) electrons. The van der Waals surface area contributed by atoms with Gasteiger partial charge in [-0.2, -0.15) is 0 Å². The third kappa shape index (κ3) is 4.69. The fourth-order valence-electron chi connectivity index (χ4n) is 3.83. The second-order valence-electron chi connectivity index (χ2n) is 9.05. The fraction of sp³-hybridized carbons (Fsp3) is 0.458. The van der Waals surface area contributed by atoms with Gasteiger partial charge in [-0.25, -0.2) is 9.18 Å². The Hall–Kier alpha value is -3.16. The van der Waals surface area contributed by atoms with Crippen molar-refractivity contribution < 1.29 is 32.7 Å². The number of hydrogen-bond acceptors (Lipinski definition) is 6. The lowest BCUT2D eigenvalue weighted by Gasteiger charge is -2.37. The SMILES string of the molecule is COC(=O)CCCC(=O)c1cc(C2=CN(C(=O)OC(C)(C)C)C3(C)CC=CC(F)=C23)co1. The first-order valence-corrected chi connectivity index (χ1v) is 10.5. The lowest BCUT2D eigenvalue weighted by Crippen LogP contribution is -2.47. The summed E-state index contributed by atoms with van der Waals surface area (Å²) in [6, 6.07) is 1.53. The van der Waals surface area contributed by atoms with Crippen molar-refractivity contribution in [1.82, 2.24) is 4.90 Å². The van der Waals surface area contributed by atoms with Crippen LogP contribution in [0.1, 0.15) is 69.5 Å². The van der Waals surface area contributed by atoms with Gasteiger partial charge in [0.05, 0.1) is 18.9 Å². The number of ether oxygens (including phenoxy) is 2. The highest BCUT2D eigenvalue weighted by atomic mass is 19.1. The quantitative estimate of drug-likeness (QED) is 0.434. The summed E-state index contributed by atoms with van der Waals surface area (Å²) in [5.74, 6) is -1.01. The van der Waals surface area contributed by atoms with E-state index >= 15 is 0 Å². The fourth-order valence-corrected chi connectivity index (χ4v) is 3.83. The Labute approximate surface area is 186 Å². The van der Waals surface area contributed by atoms with Crippen LogP contribution in [0.15, 0.2) is 46.5 Å². The molecule has 0 N–H and O–H groups in total. The molecule has 1 aromatic rings. The van der Waals surface area contributed by atoms with Crippen LogP contribution in [-0.2, 0) is 14.3 Å². The second kappa shape index (κ2) is 8.76. The monoisotopic (exact) mass is 445 g/mol. The summed E-state index contributed by atoms with van der Waals surface area (Å²) in [5, 5.41) is 0. The van der Waals surface area contributed by atoms with Crippen molar-refractivity contribution in [3.05, 3.63) is 53.4 Å². The summed E-state index contributed by atoms with van der Waals surface area (Å²) in [5.41, 5.74) is -0.387. The first-order valence-electron chi connectivity index (χ1n) is 10.5. The predicted molar refractivity (Wildman–Crippen MR) is 115 cm³/mol. The number of rotatable bonds is 6. The number of hydrogen-bond donors (Lipinski definition) is 0. The summed E-state index contributed by atoms with van der Waals surface area (Å²) < 4.78 is 30.5. The molecule has 1 aliphatic carbocycles. The molecule has 1 atom stereocenters. The van der Waals surface area contributed by atoms with Crippen LogP contribution in [0.3, 0.4) is 0 Å². The van der Waals surface area contributed by atoms with Crippen LogP contribution in [-0.4, -0.2) is 41.0 Å². The first-order chi connectivity index (χ1) is 15.0. The van der Waals surface area contributed by atoms with E-state index in [2.05, 4.69) is 4.74 Å². The van der Waals surface area contributed by atoms with Crippen LogP contribution >= 0.6 is 0 Å². The second-order valence-corrected chi connectivity index (χ2v) is 9.05. The minimum atomic E-state index is -0.960. The van der Waals surface area contributed by atoms with Gasteiger partial charge in [-0.05, 0) is 52.7 Å². The molecule has 0 bridgehead atoms. The Morgan fingerprint density at radius 2 is 1.97 bits per heavy atom. The van der Waals surface area contributed by atoms with Gasteiger partial charge in [-0.1, -0.05) is 6.08 Å². The number of carbonyl (C=O) groups is 3. The van der Waals surface area contributed by atoms with Gasteiger partial charge in [0, 0.05) is 35.8 Å². The summed E-state index contributed by atoms with van der Waals surface area (Å²) in [6.45, 7) is 7.07. The van der Waals surface area contributed by atoms with E-state index in [1.54, 1.807) is 40.0 Å². The molecular weight excluding hydrogens is 417 g/mol. The minimum Gasteiger partial charge on any atom is -0.469 e. The molecule has 2 aliphatic rings. The van der Waals surface area contributed by atoms with Crippen molar-refractivity contribution in [2.45, 2.75) is 64.5 Å². The summed E-state index contributed by atoms with van der Waals surface area (Å²) in [7, 11) is 1.29. The molecule has 2 heterocycles. The van der Waals surface area contributed by atoms with Gasteiger partial charge in [0.15, 0.2) is 11.5 Å². The van der Waals surface area contributed by atoms with E-state index < -0.39 is 23.1 Å². The number of Topliss-reactive ketones (excluding diaryl/α,β-unsaturated/α-hetero) is 1. The Bertz CT molecular complexity index is 1030. The van der Waals surface area contributed by atoms with Crippen molar-refractivity contribution in [1.29, 1.82) is 0 Å². The summed E-state index contributed by atoms with van der Waals surface area (Å²) in [4.78, 5) is 37.9. The zero-order chi connectivity index (χ0) is 23.7. The molecule has 1 aromatic heterocycles. The maximum absolute atomic E-state index is 15.0. The molecule has 172 valence electrons. The highest BCUT2D eigenvalue weighted by Crippen LogP contribution is 2.49. The van der Waals surface area contributed by atoms with Crippen molar-refractivity contribution in [3.8, 4) is 0 Å². The van der Waals surface area contributed by atoms with Crippen molar-refractivity contribution in [2.75, 3.05) is 7.11 Å². The van der Waals surface area contributed by atoms with E-state index in [9.17, 15) is 18.8 Å². The molecule has 32 heavy (non-hydrogen) atoms.